The molecular formula is C22H30N2O4. The number of hydrogen-bond acceptors (Lipinski definition) is 5. The zero-order valence-electron chi connectivity index (χ0n) is 17.2. The van der Waals surface area contributed by atoms with Crippen LogP contribution >= 0.6 is 0 Å². The highest BCUT2D eigenvalue weighted by molar-refractivity contribution is 6.35. The quantitative estimate of drug-likeness (QED) is 0.643. The molecule has 28 heavy (non-hydrogen) atoms. The summed E-state index contributed by atoms with van der Waals surface area (Å²) in [5, 5.41) is 0. The summed E-state index contributed by atoms with van der Waals surface area (Å²) < 4.78 is 11.3. The van der Waals surface area contributed by atoms with Gasteiger partial charge in [0.2, 0.25) is 0 Å². The fourth-order valence-corrected chi connectivity index (χ4v) is 3.61. The molecule has 6 heteroatoms. The smallest absolute Gasteiger partial charge is 0.277 e. The van der Waals surface area contributed by atoms with Crippen molar-refractivity contribution in [1.29, 1.82) is 0 Å². The van der Waals surface area contributed by atoms with Gasteiger partial charge in [0.15, 0.2) is 0 Å². The van der Waals surface area contributed by atoms with Crippen LogP contribution in [0.4, 0.5) is 0 Å². The number of rotatable bonds is 8. The van der Waals surface area contributed by atoms with E-state index in [0.717, 1.165) is 37.2 Å². The van der Waals surface area contributed by atoms with E-state index in [1.807, 2.05) is 52.0 Å². The molecule has 0 radical (unpaired) electrons. The monoisotopic (exact) mass is 386 g/mol. The molecule has 1 aromatic carbocycles. The van der Waals surface area contributed by atoms with E-state index in [4.69, 9.17) is 9.47 Å². The van der Waals surface area contributed by atoms with Crippen molar-refractivity contribution >= 4 is 17.4 Å². The molecule has 0 aromatic heterocycles. The normalized spacial score (nSPS) is 17.6. The van der Waals surface area contributed by atoms with Gasteiger partial charge in [-0.1, -0.05) is 12.1 Å². The van der Waals surface area contributed by atoms with Crippen molar-refractivity contribution < 1.29 is 19.1 Å². The van der Waals surface area contributed by atoms with Gasteiger partial charge in [-0.25, -0.2) is 0 Å². The Bertz CT molecular complexity index is 746. The van der Waals surface area contributed by atoms with Crippen molar-refractivity contribution in [2.75, 3.05) is 26.2 Å². The van der Waals surface area contributed by atoms with Crippen LogP contribution in [0.2, 0.25) is 0 Å². The highest BCUT2D eigenvalue weighted by Crippen LogP contribution is 2.34. The van der Waals surface area contributed by atoms with Gasteiger partial charge in [-0.2, -0.15) is 0 Å². The third-order valence-corrected chi connectivity index (χ3v) is 4.85. The molecule has 0 saturated carbocycles. The predicted molar refractivity (Wildman–Crippen MR) is 108 cm³/mol. The number of likely N-dealkylation sites (tertiary alicyclic amines) is 1. The van der Waals surface area contributed by atoms with Gasteiger partial charge in [-0.3, -0.25) is 14.5 Å². The lowest BCUT2D eigenvalue weighted by Gasteiger charge is -2.20. The number of hydrogen-bond donors (Lipinski definition) is 0. The Hall–Kier alpha value is -2.34. The van der Waals surface area contributed by atoms with Crippen LogP contribution in [0.1, 0.15) is 46.1 Å². The second-order valence-corrected chi connectivity index (χ2v) is 7.79. The van der Waals surface area contributed by atoms with E-state index in [2.05, 4.69) is 4.90 Å². The van der Waals surface area contributed by atoms with Gasteiger partial charge in [-0.15, -0.1) is 0 Å². The van der Waals surface area contributed by atoms with E-state index in [1.54, 1.807) is 0 Å². The van der Waals surface area contributed by atoms with Crippen molar-refractivity contribution in [1.82, 2.24) is 9.80 Å². The van der Waals surface area contributed by atoms with Gasteiger partial charge in [0.25, 0.3) is 11.8 Å². The van der Waals surface area contributed by atoms with Crippen LogP contribution in [0, 0.1) is 0 Å². The number of imide groups is 1. The molecule has 1 fully saturated rings. The van der Waals surface area contributed by atoms with Crippen LogP contribution in [0.15, 0.2) is 30.0 Å². The zero-order valence-corrected chi connectivity index (χ0v) is 17.2. The van der Waals surface area contributed by atoms with E-state index in [-0.39, 0.29) is 30.6 Å². The van der Waals surface area contributed by atoms with Crippen molar-refractivity contribution in [2.24, 2.45) is 0 Å². The summed E-state index contributed by atoms with van der Waals surface area (Å²) >= 11 is 0. The van der Waals surface area contributed by atoms with Crippen molar-refractivity contribution in [3.8, 4) is 5.75 Å². The first-order chi connectivity index (χ1) is 13.4. The van der Waals surface area contributed by atoms with E-state index >= 15 is 0 Å². The maximum Gasteiger partial charge on any atom is 0.277 e. The Morgan fingerprint density at radius 3 is 2.14 bits per heavy atom. The number of carbonyl (C=O) groups excluding carboxylic acids is 2. The van der Waals surface area contributed by atoms with E-state index in [0.29, 0.717) is 17.9 Å². The number of carbonyl (C=O) groups is 2. The summed E-state index contributed by atoms with van der Waals surface area (Å²) in [6.45, 7) is 10.0. The molecule has 1 aromatic rings. The van der Waals surface area contributed by atoms with Crippen LogP contribution < -0.4 is 4.74 Å². The van der Waals surface area contributed by atoms with Crippen LogP contribution in [-0.4, -0.2) is 60.1 Å². The average molecular weight is 386 g/mol. The van der Waals surface area contributed by atoms with Crippen LogP contribution in [0.25, 0.3) is 5.57 Å². The maximum atomic E-state index is 13.2. The fraction of sp³-hybridized carbons (Fsp3) is 0.545. The minimum atomic E-state index is -0.239. The number of benzene rings is 1. The first-order valence-electron chi connectivity index (χ1n) is 10.1. The molecule has 2 aliphatic heterocycles. The Morgan fingerprint density at radius 2 is 1.57 bits per heavy atom. The molecule has 0 unspecified atom stereocenters. The van der Waals surface area contributed by atoms with Crippen molar-refractivity contribution in [3.63, 3.8) is 0 Å². The largest absolute Gasteiger partial charge is 0.491 e. The minimum absolute atomic E-state index is 0.0618. The highest BCUT2D eigenvalue weighted by atomic mass is 16.5. The molecule has 0 bridgehead atoms. The van der Waals surface area contributed by atoms with Gasteiger partial charge in [0.05, 0.1) is 30.9 Å². The van der Waals surface area contributed by atoms with Crippen LogP contribution in [0.3, 0.4) is 0 Å². The number of amides is 2. The standard InChI is InChI=1S/C22H30N2O4/c1-15(2)27-14-13-24-21(25)19(20(22(24)26)23-11-5-6-12-23)17-7-9-18(10-8-17)28-16(3)4/h7-10,15-16H,5-6,11-14H2,1-4H3. The maximum absolute atomic E-state index is 13.2. The van der Waals surface area contributed by atoms with Crippen molar-refractivity contribution in [3.05, 3.63) is 35.5 Å². The summed E-state index contributed by atoms with van der Waals surface area (Å²) in [7, 11) is 0. The molecule has 2 aliphatic rings. The molecule has 6 nitrogen and oxygen atoms in total. The van der Waals surface area contributed by atoms with Gasteiger partial charge < -0.3 is 14.4 Å². The van der Waals surface area contributed by atoms with Crippen molar-refractivity contribution in [2.45, 2.75) is 52.7 Å². The molecule has 152 valence electrons. The first-order valence-corrected chi connectivity index (χ1v) is 10.1. The third kappa shape index (κ3) is 4.38. The SMILES string of the molecule is CC(C)OCCN1C(=O)C(c2ccc(OC(C)C)cc2)=C(N2CCCC2)C1=O. The summed E-state index contributed by atoms with van der Waals surface area (Å²) in [6.07, 6.45) is 2.22. The molecule has 3 rings (SSSR count). The topological polar surface area (TPSA) is 59.1 Å². The summed E-state index contributed by atoms with van der Waals surface area (Å²) in [4.78, 5) is 29.6. The lowest BCUT2D eigenvalue weighted by atomic mass is 10.0. The molecule has 2 amide bonds. The van der Waals surface area contributed by atoms with E-state index in [9.17, 15) is 9.59 Å². The van der Waals surface area contributed by atoms with Gasteiger partial charge >= 0.3 is 0 Å². The van der Waals surface area contributed by atoms with E-state index in [1.165, 1.54) is 4.90 Å². The predicted octanol–water partition coefficient (Wildman–Crippen LogP) is 3.07. The summed E-state index contributed by atoms with van der Waals surface area (Å²) in [5.41, 5.74) is 1.78. The van der Waals surface area contributed by atoms with Gasteiger partial charge in [-0.05, 0) is 58.2 Å². The van der Waals surface area contributed by atoms with Gasteiger partial charge in [0, 0.05) is 13.1 Å². The van der Waals surface area contributed by atoms with Gasteiger partial charge in [0.1, 0.15) is 11.4 Å². The molecule has 1 saturated heterocycles. The Kier molecular flexibility index (Phi) is 6.39. The van der Waals surface area contributed by atoms with Crippen LogP contribution in [0.5, 0.6) is 5.75 Å². The first kappa shape index (κ1) is 20.4. The molecule has 0 aliphatic carbocycles. The minimum Gasteiger partial charge on any atom is -0.491 e. The molecule has 0 N–H and O–H groups in total. The average Bonchev–Trinajstić information content (AvgIpc) is 3.23. The van der Waals surface area contributed by atoms with Crippen LogP contribution in [-0.2, 0) is 14.3 Å². The summed E-state index contributed by atoms with van der Waals surface area (Å²) in [6, 6.07) is 7.43. The van der Waals surface area contributed by atoms with E-state index < -0.39 is 0 Å². The molecular weight excluding hydrogens is 356 g/mol. The number of nitrogens with zero attached hydrogens (tertiary/aromatic N) is 2. The Labute approximate surface area is 167 Å². The Morgan fingerprint density at radius 1 is 0.929 bits per heavy atom. The lowest BCUT2D eigenvalue weighted by molar-refractivity contribution is -0.138. The molecule has 0 spiro atoms. The molecule has 2 heterocycles. The highest BCUT2D eigenvalue weighted by Gasteiger charge is 2.41. The second-order valence-electron chi connectivity index (χ2n) is 7.79. The number of ether oxygens (including phenoxy) is 2. The Balaban J connectivity index is 1.89. The molecule has 0 atom stereocenters. The lowest BCUT2D eigenvalue weighted by Crippen LogP contribution is -2.37. The zero-order chi connectivity index (χ0) is 20.3. The second kappa shape index (κ2) is 8.78. The summed E-state index contributed by atoms with van der Waals surface area (Å²) in [5.74, 6) is 0.301. The third-order valence-electron chi connectivity index (χ3n) is 4.85. The fourth-order valence-electron chi connectivity index (χ4n) is 3.61.